The molecule has 4 N–H and O–H groups in total. The van der Waals surface area contributed by atoms with Crippen LogP contribution in [0.1, 0.15) is 61.7 Å². The Balaban J connectivity index is 0.00000544. The molecule has 1 unspecified atom stereocenters. The van der Waals surface area contributed by atoms with Crippen LogP contribution in [0.2, 0.25) is 0 Å². The minimum absolute atomic E-state index is 0. The van der Waals surface area contributed by atoms with Crippen LogP contribution >= 0.6 is 24.0 Å². The Morgan fingerprint density at radius 1 is 1.06 bits per heavy atom. The van der Waals surface area contributed by atoms with Crippen LogP contribution in [0.15, 0.2) is 53.5 Å². The first-order chi connectivity index (χ1) is 15.4. The molecule has 0 aliphatic carbocycles. The van der Waals surface area contributed by atoms with Gasteiger partial charge in [0.05, 0.1) is 18.8 Å². The molecule has 8 heteroatoms. The molecule has 0 radical (unpaired) electrons. The maximum atomic E-state index is 12.2. The van der Waals surface area contributed by atoms with Crippen molar-refractivity contribution < 1.29 is 14.6 Å². The van der Waals surface area contributed by atoms with Crippen LogP contribution in [-0.2, 0) is 6.54 Å². The highest BCUT2D eigenvalue weighted by Gasteiger charge is 2.11. The summed E-state index contributed by atoms with van der Waals surface area (Å²) in [6, 6.07) is 14.9. The fourth-order valence-electron chi connectivity index (χ4n) is 3.04. The zero-order valence-corrected chi connectivity index (χ0v) is 22.3. The zero-order chi connectivity index (χ0) is 23.3. The molecule has 33 heavy (non-hydrogen) atoms. The highest BCUT2D eigenvalue weighted by Crippen LogP contribution is 2.20. The van der Waals surface area contributed by atoms with Crippen LogP contribution < -0.4 is 20.7 Å². The number of amides is 1. The number of nitrogens with zero attached hydrogens (tertiary/aromatic N) is 1. The van der Waals surface area contributed by atoms with Crippen LogP contribution in [-0.4, -0.2) is 42.7 Å². The minimum atomic E-state index is -0.708. The van der Waals surface area contributed by atoms with E-state index in [0.717, 1.165) is 23.3 Å². The van der Waals surface area contributed by atoms with Crippen molar-refractivity contribution in [2.24, 2.45) is 4.99 Å². The molecule has 0 saturated heterocycles. The Morgan fingerprint density at radius 3 is 2.52 bits per heavy atom. The summed E-state index contributed by atoms with van der Waals surface area (Å²) in [5.74, 6) is 1.26. The predicted molar refractivity (Wildman–Crippen MR) is 144 cm³/mol. The molecule has 182 valence electrons. The van der Waals surface area contributed by atoms with Crippen molar-refractivity contribution in [2.45, 2.75) is 52.9 Å². The summed E-state index contributed by atoms with van der Waals surface area (Å²) in [5, 5.41) is 19.9. The Hall–Kier alpha value is -2.33. The number of carbonyl (C=O) groups excluding carboxylic acids is 1. The van der Waals surface area contributed by atoms with Crippen molar-refractivity contribution in [1.82, 2.24) is 16.0 Å². The standard InChI is InChI=1S/C25H36N4O3.HI/c1-5-13-27-24(31)21-11-7-9-19(14-21)16-28-25(26-6-2)29-17-23(30)20-10-8-12-22(15-20)32-18(3)4;/h7-12,14-15,18,23,30H,5-6,13,16-17H2,1-4H3,(H,27,31)(H2,26,28,29);1H. The van der Waals surface area contributed by atoms with E-state index in [-0.39, 0.29) is 36.0 Å². The van der Waals surface area contributed by atoms with Crippen molar-refractivity contribution >= 4 is 35.8 Å². The number of ether oxygens (including phenoxy) is 1. The quantitative estimate of drug-likeness (QED) is 0.187. The first-order valence-electron chi connectivity index (χ1n) is 11.3. The second-order valence-corrected chi connectivity index (χ2v) is 7.79. The number of guanidine groups is 1. The van der Waals surface area contributed by atoms with Gasteiger partial charge in [-0.15, -0.1) is 24.0 Å². The summed E-state index contributed by atoms with van der Waals surface area (Å²) < 4.78 is 5.71. The molecular weight excluding hydrogens is 531 g/mol. The van der Waals surface area contributed by atoms with Crippen molar-refractivity contribution in [1.29, 1.82) is 0 Å². The van der Waals surface area contributed by atoms with Crippen LogP contribution in [0.5, 0.6) is 5.75 Å². The third-order valence-electron chi connectivity index (χ3n) is 4.57. The van der Waals surface area contributed by atoms with Crippen molar-refractivity contribution in [2.75, 3.05) is 19.6 Å². The number of aliphatic imine (C=N–C) groups is 1. The van der Waals surface area contributed by atoms with E-state index in [9.17, 15) is 9.90 Å². The maximum Gasteiger partial charge on any atom is 0.251 e. The van der Waals surface area contributed by atoms with E-state index in [0.29, 0.717) is 37.7 Å². The third-order valence-corrected chi connectivity index (χ3v) is 4.57. The van der Waals surface area contributed by atoms with E-state index >= 15 is 0 Å². The van der Waals surface area contributed by atoms with Crippen molar-refractivity contribution in [3.63, 3.8) is 0 Å². The number of hydrogen-bond acceptors (Lipinski definition) is 4. The topological polar surface area (TPSA) is 95.0 Å². The monoisotopic (exact) mass is 568 g/mol. The molecular formula is C25H37IN4O3. The molecule has 0 aliphatic rings. The smallest absolute Gasteiger partial charge is 0.251 e. The largest absolute Gasteiger partial charge is 0.491 e. The minimum Gasteiger partial charge on any atom is -0.491 e. The van der Waals surface area contributed by atoms with Gasteiger partial charge in [-0.2, -0.15) is 0 Å². The number of benzene rings is 2. The maximum absolute atomic E-state index is 12.2. The van der Waals surface area contributed by atoms with Gasteiger partial charge in [0.15, 0.2) is 5.96 Å². The molecule has 0 saturated carbocycles. The Kier molecular flexibility index (Phi) is 13.5. The molecule has 0 aromatic heterocycles. The van der Waals surface area contributed by atoms with Gasteiger partial charge in [-0.1, -0.05) is 31.2 Å². The summed E-state index contributed by atoms with van der Waals surface area (Å²) in [6.45, 7) is 10.0. The van der Waals surface area contributed by atoms with E-state index in [2.05, 4.69) is 20.9 Å². The summed E-state index contributed by atoms with van der Waals surface area (Å²) in [5.41, 5.74) is 2.34. The van der Waals surface area contributed by atoms with E-state index in [4.69, 9.17) is 4.74 Å². The summed E-state index contributed by atoms with van der Waals surface area (Å²) in [7, 11) is 0. The molecule has 0 bridgehead atoms. The number of nitrogens with one attached hydrogen (secondary N) is 3. The zero-order valence-electron chi connectivity index (χ0n) is 19.9. The fraction of sp³-hybridized carbons (Fsp3) is 0.440. The van der Waals surface area contributed by atoms with Gasteiger partial charge in [-0.25, -0.2) is 4.99 Å². The van der Waals surface area contributed by atoms with Crippen LogP contribution in [0.25, 0.3) is 0 Å². The Bertz CT molecular complexity index is 889. The van der Waals surface area contributed by atoms with Crippen LogP contribution in [0.3, 0.4) is 0 Å². The number of halogens is 1. The lowest BCUT2D eigenvalue weighted by Gasteiger charge is -2.17. The summed E-state index contributed by atoms with van der Waals surface area (Å²) in [4.78, 5) is 16.8. The molecule has 0 spiro atoms. The van der Waals surface area contributed by atoms with Gasteiger partial charge in [0.25, 0.3) is 5.91 Å². The number of aliphatic hydroxyl groups is 1. The summed E-state index contributed by atoms with van der Waals surface area (Å²) in [6.07, 6.45) is 0.262. The lowest BCUT2D eigenvalue weighted by molar-refractivity contribution is 0.0953. The molecule has 2 aromatic carbocycles. The van der Waals surface area contributed by atoms with Crippen LogP contribution in [0.4, 0.5) is 0 Å². The van der Waals surface area contributed by atoms with Gasteiger partial charge < -0.3 is 25.8 Å². The normalized spacial score (nSPS) is 12.0. The van der Waals surface area contributed by atoms with Gasteiger partial charge in [-0.3, -0.25) is 4.79 Å². The molecule has 0 heterocycles. The number of rotatable bonds is 11. The van der Waals surface area contributed by atoms with Gasteiger partial charge in [0.2, 0.25) is 0 Å². The van der Waals surface area contributed by atoms with Gasteiger partial charge in [0, 0.05) is 25.2 Å². The average Bonchev–Trinajstić information content (AvgIpc) is 2.79. The molecule has 1 atom stereocenters. The first-order valence-corrected chi connectivity index (χ1v) is 11.3. The third kappa shape index (κ3) is 10.4. The Labute approximate surface area is 214 Å². The van der Waals surface area contributed by atoms with E-state index < -0.39 is 6.10 Å². The number of hydrogen-bond donors (Lipinski definition) is 4. The molecule has 2 aromatic rings. The molecule has 2 rings (SSSR count). The Morgan fingerprint density at radius 2 is 1.82 bits per heavy atom. The molecule has 0 fully saturated rings. The number of carbonyl (C=O) groups is 1. The molecule has 7 nitrogen and oxygen atoms in total. The summed E-state index contributed by atoms with van der Waals surface area (Å²) >= 11 is 0. The highest BCUT2D eigenvalue weighted by molar-refractivity contribution is 14.0. The van der Waals surface area contributed by atoms with Crippen molar-refractivity contribution in [3.8, 4) is 5.75 Å². The SMILES string of the molecule is CCCNC(=O)c1cccc(CN=C(NCC)NCC(O)c2cccc(OC(C)C)c2)c1.I. The van der Waals surface area contributed by atoms with Crippen LogP contribution in [0, 0.1) is 0 Å². The number of aliphatic hydroxyl groups excluding tert-OH is 1. The van der Waals surface area contributed by atoms with E-state index in [1.54, 1.807) is 6.07 Å². The predicted octanol–water partition coefficient (Wildman–Crippen LogP) is 4.02. The second-order valence-electron chi connectivity index (χ2n) is 7.79. The second kappa shape index (κ2) is 15.5. The lowest BCUT2D eigenvalue weighted by atomic mass is 10.1. The first kappa shape index (κ1) is 28.7. The van der Waals surface area contributed by atoms with Gasteiger partial charge in [-0.05, 0) is 62.6 Å². The highest BCUT2D eigenvalue weighted by atomic mass is 127. The van der Waals surface area contributed by atoms with Gasteiger partial charge >= 0.3 is 0 Å². The lowest BCUT2D eigenvalue weighted by Crippen LogP contribution is -2.39. The molecule has 1 amide bonds. The van der Waals surface area contributed by atoms with Crippen molar-refractivity contribution in [3.05, 3.63) is 65.2 Å². The fourth-order valence-corrected chi connectivity index (χ4v) is 3.04. The van der Waals surface area contributed by atoms with Gasteiger partial charge in [0.1, 0.15) is 5.75 Å². The average molecular weight is 569 g/mol. The van der Waals surface area contributed by atoms with E-state index in [1.807, 2.05) is 70.2 Å². The molecule has 0 aliphatic heterocycles. The van der Waals surface area contributed by atoms with E-state index in [1.165, 1.54) is 0 Å².